The van der Waals surface area contributed by atoms with Crippen LogP contribution in [0.5, 0.6) is 5.75 Å². The summed E-state index contributed by atoms with van der Waals surface area (Å²) in [7, 11) is 2.74. The van der Waals surface area contributed by atoms with E-state index in [-0.39, 0.29) is 25.6 Å². The van der Waals surface area contributed by atoms with Gasteiger partial charge >= 0.3 is 11.9 Å². The first kappa shape index (κ1) is 24.4. The Kier molecular flexibility index (Phi) is 10.6. The summed E-state index contributed by atoms with van der Waals surface area (Å²) in [5.74, 6) is 0.0397. The molecule has 2 rings (SSSR count). The molecule has 2 aromatic carbocycles. The highest BCUT2D eigenvalue weighted by molar-refractivity contribution is 5.90. The number of aliphatic hydroxyl groups excluding tert-OH is 1. The minimum absolute atomic E-state index is 0.219. The fourth-order valence-electron chi connectivity index (χ4n) is 3.48. The molecular weight excluding hydrogens is 396 g/mol. The van der Waals surface area contributed by atoms with Gasteiger partial charge in [0.25, 0.3) is 0 Å². The van der Waals surface area contributed by atoms with Crippen LogP contribution in [0, 0.1) is 0 Å². The summed E-state index contributed by atoms with van der Waals surface area (Å²) < 4.78 is 15.8. The molecule has 0 saturated heterocycles. The Morgan fingerprint density at radius 1 is 0.839 bits per heavy atom. The van der Waals surface area contributed by atoms with Crippen LogP contribution < -0.4 is 4.74 Å². The third-order valence-electron chi connectivity index (χ3n) is 5.20. The topological polar surface area (TPSA) is 82.1 Å². The highest BCUT2D eigenvalue weighted by Crippen LogP contribution is 2.27. The van der Waals surface area contributed by atoms with E-state index >= 15 is 0 Å². The zero-order valence-electron chi connectivity index (χ0n) is 18.4. The number of hydrogen-bond donors (Lipinski definition) is 1. The van der Waals surface area contributed by atoms with Crippen molar-refractivity contribution in [3.05, 3.63) is 64.7 Å². The molecule has 0 spiro atoms. The van der Waals surface area contributed by atoms with Crippen molar-refractivity contribution in [1.82, 2.24) is 0 Å². The van der Waals surface area contributed by atoms with E-state index in [0.29, 0.717) is 17.7 Å². The Balaban J connectivity index is 2.18. The maximum absolute atomic E-state index is 12.0. The average Bonchev–Trinajstić information content (AvgIpc) is 2.81. The Hall–Kier alpha value is -2.86. The van der Waals surface area contributed by atoms with E-state index in [1.807, 2.05) is 24.3 Å². The monoisotopic (exact) mass is 428 g/mol. The summed E-state index contributed by atoms with van der Waals surface area (Å²) in [6, 6.07) is 13.1. The second kappa shape index (κ2) is 13.4. The second-order valence-corrected chi connectivity index (χ2v) is 7.30. The lowest BCUT2D eigenvalue weighted by molar-refractivity contribution is -0.140. The van der Waals surface area contributed by atoms with E-state index in [1.165, 1.54) is 14.2 Å². The van der Waals surface area contributed by atoms with Crippen LogP contribution in [-0.2, 0) is 33.7 Å². The fraction of sp³-hybridized carbons (Fsp3) is 0.440. The smallest absolute Gasteiger partial charge is 0.338 e. The number of esters is 2. The number of carbonyl (C=O) groups excluding carboxylic acids is 2. The summed E-state index contributed by atoms with van der Waals surface area (Å²) in [6.45, 7) is 0.442. The van der Waals surface area contributed by atoms with E-state index in [1.54, 1.807) is 12.1 Å². The number of rotatable bonds is 13. The number of aliphatic hydroxyl groups is 1. The number of aryl methyl sites for hydroxylation is 1. The molecule has 2 aromatic rings. The van der Waals surface area contributed by atoms with Gasteiger partial charge in [-0.2, -0.15) is 0 Å². The average molecular weight is 429 g/mol. The largest absolute Gasteiger partial charge is 0.489 e. The molecule has 0 atom stereocenters. The summed E-state index contributed by atoms with van der Waals surface area (Å²) in [4.78, 5) is 23.8. The Bertz CT molecular complexity index is 846. The highest BCUT2D eigenvalue weighted by atomic mass is 16.5. The lowest BCUT2D eigenvalue weighted by atomic mass is 9.96. The zero-order valence-corrected chi connectivity index (χ0v) is 18.4. The standard InChI is InChI=1S/C25H32O6/c1-29-24(27)16-15-21-19(10-5-3-4-8-17-26)12-9-14-23(21)31-18-20-11-6-7-13-22(20)25(28)30-2/h6-7,9,11-14,26H,3-5,8,10,15-18H2,1-2H3. The highest BCUT2D eigenvalue weighted by Gasteiger charge is 2.15. The lowest BCUT2D eigenvalue weighted by Crippen LogP contribution is -2.10. The van der Waals surface area contributed by atoms with Crippen LogP contribution in [0.15, 0.2) is 42.5 Å². The third kappa shape index (κ3) is 7.72. The van der Waals surface area contributed by atoms with Crippen molar-refractivity contribution in [2.45, 2.75) is 51.6 Å². The first-order valence-electron chi connectivity index (χ1n) is 10.7. The van der Waals surface area contributed by atoms with E-state index < -0.39 is 5.97 Å². The van der Waals surface area contributed by atoms with Crippen molar-refractivity contribution in [3.8, 4) is 5.75 Å². The minimum atomic E-state index is -0.401. The van der Waals surface area contributed by atoms with Crippen molar-refractivity contribution in [2.24, 2.45) is 0 Å². The molecule has 0 amide bonds. The molecule has 0 aromatic heterocycles. The zero-order chi connectivity index (χ0) is 22.5. The second-order valence-electron chi connectivity index (χ2n) is 7.30. The van der Waals surface area contributed by atoms with Gasteiger partial charge in [0.2, 0.25) is 0 Å². The van der Waals surface area contributed by atoms with Gasteiger partial charge in [-0.15, -0.1) is 0 Å². The number of methoxy groups -OCH3 is 2. The van der Waals surface area contributed by atoms with Gasteiger partial charge in [-0.1, -0.05) is 43.2 Å². The van der Waals surface area contributed by atoms with Gasteiger partial charge in [0.15, 0.2) is 0 Å². The van der Waals surface area contributed by atoms with Gasteiger partial charge < -0.3 is 19.3 Å². The van der Waals surface area contributed by atoms with E-state index in [9.17, 15) is 9.59 Å². The Labute approximate surface area is 184 Å². The van der Waals surface area contributed by atoms with Gasteiger partial charge in [-0.05, 0) is 48.9 Å². The van der Waals surface area contributed by atoms with Crippen LogP contribution in [0.2, 0.25) is 0 Å². The van der Waals surface area contributed by atoms with Crippen molar-refractivity contribution in [2.75, 3.05) is 20.8 Å². The molecule has 0 aliphatic rings. The summed E-state index contributed by atoms with van der Waals surface area (Å²) >= 11 is 0. The normalized spacial score (nSPS) is 10.5. The first-order chi connectivity index (χ1) is 15.1. The molecule has 0 radical (unpaired) electrons. The third-order valence-corrected chi connectivity index (χ3v) is 5.20. The van der Waals surface area contributed by atoms with E-state index in [4.69, 9.17) is 19.3 Å². The van der Waals surface area contributed by atoms with Gasteiger partial charge in [-0.25, -0.2) is 4.79 Å². The molecule has 0 aliphatic heterocycles. The summed E-state index contributed by atoms with van der Waals surface area (Å²) in [5, 5.41) is 8.94. The maximum Gasteiger partial charge on any atom is 0.338 e. The van der Waals surface area contributed by atoms with Gasteiger partial charge in [0, 0.05) is 18.6 Å². The number of ether oxygens (including phenoxy) is 3. The van der Waals surface area contributed by atoms with Crippen LogP contribution in [0.25, 0.3) is 0 Å². The SMILES string of the molecule is COC(=O)CCc1c(CCCCCCO)cccc1OCc1ccccc1C(=O)OC. The van der Waals surface area contributed by atoms with Crippen molar-refractivity contribution >= 4 is 11.9 Å². The van der Waals surface area contributed by atoms with Gasteiger partial charge in [-0.3, -0.25) is 4.79 Å². The predicted molar refractivity (Wildman–Crippen MR) is 118 cm³/mol. The molecule has 168 valence electrons. The molecule has 6 nitrogen and oxygen atoms in total. The molecule has 0 bridgehead atoms. The summed E-state index contributed by atoms with van der Waals surface area (Å²) in [6.07, 6.45) is 5.51. The molecule has 0 fully saturated rings. The molecule has 31 heavy (non-hydrogen) atoms. The lowest BCUT2D eigenvalue weighted by Gasteiger charge is -2.17. The van der Waals surface area contributed by atoms with Crippen LogP contribution in [-0.4, -0.2) is 37.9 Å². The summed E-state index contributed by atoms with van der Waals surface area (Å²) in [5.41, 5.74) is 3.35. The van der Waals surface area contributed by atoms with E-state index in [2.05, 4.69) is 6.07 Å². The number of unbranched alkanes of at least 4 members (excludes halogenated alkanes) is 3. The molecular formula is C25H32O6. The van der Waals surface area contributed by atoms with Crippen LogP contribution >= 0.6 is 0 Å². The van der Waals surface area contributed by atoms with Crippen LogP contribution in [0.4, 0.5) is 0 Å². The minimum Gasteiger partial charge on any atom is -0.489 e. The molecule has 0 unspecified atom stereocenters. The Morgan fingerprint density at radius 3 is 2.32 bits per heavy atom. The molecule has 0 aliphatic carbocycles. The van der Waals surface area contributed by atoms with E-state index in [0.717, 1.165) is 48.8 Å². The quantitative estimate of drug-likeness (QED) is 0.379. The predicted octanol–water partition coefficient (Wildman–Crippen LogP) is 4.25. The van der Waals surface area contributed by atoms with Crippen LogP contribution in [0.1, 0.15) is 59.2 Å². The number of carbonyl (C=O) groups is 2. The molecule has 6 heteroatoms. The molecule has 0 heterocycles. The van der Waals surface area contributed by atoms with Crippen molar-refractivity contribution in [1.29, 1.82) is 0 Å². The Morgan fingerprint density at radius 2 is 1.58 bits per heavy atom. The maximum atomic E-state index is 12.0. The van der Waals surface area contributed by atoms with Crippen molar-refractivity contribution < 1.29 is 28.9 Å². The fourth-order valence-corrected chi connectivity index (χ4v) is 3.48. The number of hydrogen-bond acceptors (Lipinski definition) is 6. The number of benzene rings is 2. The molecule has 0 saturated carbocycles. The first-order valence-corrected chi connectivity index (χ1v) is 10.7. The van der Waals surface area contributed by atoms with Crippen LogP contribution in [0.3, 0.4) is 0 Å². The molecule has 1 N–H and O–H groups in total. The van der Waals surface area contributed by atoms with Crippen molar-refractivity contribution in [3.63, 3.8) is 0 Å². The van der Waals surface area contributed by atoms with Gasteiger partial charge in [0.1, 0.15) is 12.4 Å². The van der Waals surface area contributed by atoms with Gasteiger partial charge in [0.05, 0.1) is 19.8 Å².